The van der Waals surface area contributed by atoms with Crippen molar-refractivity contribution >= 4 is 12.1 Å². The quantitative estimate of drug-likeness (QED) is 0.742. The average Bonchev–Trinajstić information content (AvgIpc) is 2.43. The molecule has 1 aromatic rings. The molecule has 0 unspecified atom stereocenters. The molecule has 0 saturated heterocycles. The maximum absolute atomic E-state index is 12.1. The van der Waals surface area contributed by atoms with Crippen molar-refractivity contribution in [1.29, 1.82) is 0 Å². The summed E-state index contributed by atoms with van der Waals surface area (Å²) in [5.41, 5.74) is 1.48. The second-order valence-electron chi connectivity index (χ2n) is 5.95. The molecule has 114 valence electrons. The van der Waals surface area contributed by atoms with Gasteiger partial charge in [0.1, 0.15) is 11.3 Å². The second kappa shape index (κ2) is 5.71. The van der Waals surface area contributed by atoms with Gasteiger partial charge in [-0.2, -0.15) is 0 Å². The number of ether oxygens (including phenoxy) is 2. The van der Waals surface area contributed by atoms with E-state index in [0.717, 1.165) is 11.3 Å². The fourth-order valence-corrected chi connectivity index (χ4v) is 2.11. The van der Waals surface area contributed by atoms with Gasteiger partial charge in [-0.25, -0.2) is 14.6 Å². The van der Waals surface area contributed by atoms with Gasteiger partial charge in [0.05, 0.1) is 19.3 Å². The van der Waals surface area contributed by atoms with E-state index in [1.165, 1.54) is 7.11 Å². The van der Waals surface area contributed by atoms with E-state index in [9.17, 15) is 9.59 Å². The van der Waals surface area contributed by atoms with Crippen LogP contribution in [0.3, 0.4) is 0 Å². The molecular weight excluding hydrogens is 272 g/mol. The van der Waals surface area contributed by atoms with E-state index in [0.29, 0.717) is 19.5 Å². The minimum Gasteiger partial charge on any atom is -0.464 e. The van der Waals surface area contributed by atoms with Crippen molar-refractivity contribution in [3.63, 3.8) is 0 Å². The maximum Gasteiger partial charge on any atom is 0.410 e. The third-order valence-electron chi connectivity index (χ3n) is 3.11. The highest BCUT2D eigenvalue weighted by atomic mass is 16.6. The Morgan fingerprint density at radius 3 is 2.62 bits per heavy atom. The van der Waals surface area contributed by atoms with Crippen molar-refractivity contribution in [2.75, 3.05) is 13.7 Å². The Labute approximate surface area is 124 Å². The summed E-state index contributed by atoms with van der Waals surface area (Å²) in [5.74, 6) is -0.479. The Kier molecular flexibility index (Phi) is 4.16. The third-order valence-corrected chi connectivity index (χ3v) is 3.11. The van der Waals surface area contributed by atoms with Gasteiger partial charge in [-0.15, -0.1) is 0 Å². The molecule has 1 aromatic heterocycles. The number of methoxy groups -OCH3 is 1. The zero-order valence-corrected chi connectivity index (χ0v) is 12.8. The van der Waals surface area contributed by atoms with Crippen molar-refractivity contribution < 1.29 is 19.1 Å². The van der Waals surface area contributed by atoms with E-state index in [1.807, 2.05) is 26.8 Å². The molecule has 0 atom stereocenters. The molecule has 1 aliphatic rings. The number of nitrogens with zero attached hydrogens (tertiary/aromatic N) is 2. The molecule has 1 amide bonds. The summed E-state index contributed by atoms with van der Waals surface area (Å²) in [5, 5.41) is 0. The first kappa shape index (κ1) is 15.3. The second-order valence-corrected chi connectivity index (χ2v) is 5.95. The molecular formula is C15H20N2O4. The fraction of sp³-hybridized carbons (Fsp3) is 0.533. The number of hydrogen-bond donors (Lipinski definition) is 0. The lowest BCUT2D eigenvalue weighted by Crippen LogP contribution is -2.40. The molecule has 2 heterocycles. The van der Waals surface area contributed by atoms with Gasteiger partial charge in [-0.05, 0) is 38.8 Å². The zero-order chi connectivity index (χ0) is 15.6. The van der Waals surface area contributed by atoms with Crippen LogP contribution in [0.1, 0.15) is 42.5 Å². The first-order valence-corrected chi connectivity index (χ1v) is 6.85. The van der Waals surface area contributed by atoms with Crippen molar-refractivity contribution in [3.05, 3.63) is 29.1 Å². The van der Waals surface area contributed by atoms with Gasteiger partial charge in [-0.3, -0.25) is 0 Å². The molecule has 6 heteroatoms. The monoisotopic (exact) mass is 292 g/mol. The zero-order valence-electron chi connectivity index (χ0n) is 12.8. The highest BCUT2D eigenvalue weighted by Crippen LogP contribution is 2.20. The molecule has 21 heavy (non-hydrogen) atoms. The maximum atomic E-state index is 12.1. The first-order valence-electron chi connectivity index (χ1n) is 6.85. The largest absolute Gasteiger partial charge is 0.464 e. The Bertz CT molecular complexity index is 563. The van der Waals surface area contributed by atoms with E-state index in [-0.39, 0.29) is 11.8 Å². The van der Waals surface area contributed by atoms with Gasteiger partial charge >= 0.3 is 12.1 Å². The minimum absolute atomic E-state index is 0.252. The standard InChI is InChI=1S/C15H20N2O4/c1-15(2,3)21-14(19)17-8-7-10-5-6-11(13(18)20-4)16-12(10)9-17/h5-6H,7-9H2,1-4H3. The third kappa shape index (κ3) is 3.71. The van der Waals surface area contributed by atoms with Gasteiger partial charge in [0, 0.05) is 6.54 Å². The van der Waals surface area contributed by atoms with Crippen LogP contribution in [-0.4, -0.2) is 41.2 Å². The van der Waals surface area contributed by atoms with E-state index in [2.05, 4.69) is 9.72 Å². The van der Waals surface area contributed by atoms with Crippen LogP contribution < -0.4 is 0 Å². The molecule has 0 aliphatic carbocycles. The average molecular weight is 292 g/mol. The van der Waals surface area contributed by atoms with Crippen LogP contribution in [0.25, 0.3) is 0 Å². The molecule has 0 fully saturated rings. The molecule has 0 spiro atoms. The Balaban J connectivity index is 2.15. The lowest BCUT2D eigenvalue weighted by Gasteiger charge is -2.30. The molecule has 1 aliphatic heterocycles. The summed E-state index contributed by atoms with van der Waals surface area (Å²) in [4.78, 5) is 29.5. The highest BCUT2D eigenvalue weighted by molar-refractivity contribution is 5.87. The number of pyridine rings is 1. The van der Waals surface area contributed by atoms with E-state index >= 15 is 0 Å². The van der Waals surface area contributed by atoms with E-state index in [4.69, 9.17) is 4.74 Å². The molecule has 0 radical (unpaired) electrons. The molecule has 6 nitrogen and oxygen atoms in total. The summed E-state index contributed by atoms with van der Waals surface area (Å²) in [6.45, 7) is 6.42. The number of fused-ring (bicyclic) bond motifs is 1. The van der Waals surface area contributed by atoms with Crippen molar-refractivity contribution in [1.82, 2.24) is 9.88 Å². The van der Waals surface area contributed by atoms with Crippen LogP contribution in [0.15, 0.2) is 12.1 Å². The number of hydrogen-bond acceptors (Lipinski definition) is 5. The first-order chi connectivity index (χ1) is 9.80. The van der Waals surface area contributed by atoms with Gasteiger partial charge < -0.3 is 14.4 Å². The smallest absolute Gasteiger partial charge is 0.410 e. The van der Waals surface area contributed by atoms with Crippen LogP contribution in [0.4, 0.5) is 4.79 Å². The highest BCUT2D eigenvalue weighted by Gasteiger charge is 2.26. The molecule has 0 aromatic carbocycles. The number of amides is 1. The van der Waals surface area contributed by atoms with E-state index in [1.54, 1.807) is 11.0 Å². The van der Waals surface area contributed by atoms with Crippen LogP contribution in [-0.2, 0) is 22.4 Å². The number of esters is 1. The lowest BCUT2D eigenvalue weighted by atomic mass is 10.0. The number of carbonyl (C=O) groups excluding carboxylic acids is 2. The topological polar surface area (TPSA) is 68.7 Å². The molecule has 0 saturated carbocycles. The number of carbonyl (C=O) groups is 2. The molecule has 0 N–H and O–H groups in total. The van der Waals surface area contributed by atoms with Crippen LogP contribution >= 0.6 is 0 Å². The van der Waals surface area contributed by atoms with Gasteiger partial charge in [0.25, 0.3) is 0 Å². The number of aromatic nitrogens is 1. The van der Waals surface area contributed by atoms with Crippen LogP contribution in [0, 0.1) is 0 Å². The SMILES string of the molecule is COC(=O)c1ccc2c(n1)CN(C(=O)OC(C)(C)C)CC2. The van der Waals surface area contributed by atoms with Gasteiger partial charge in [-0.1, -0.05) is 6.07 Å². The molecule has 2 rings (SSSR count). The predicted octanol–water partition coefficient (Wildman–Crippen LogP) is 2.16. The summed E-state index contributed by atoms with van der Waals surface area (Å²) in [6, 6.07) is 3.51. The van der Waals surface area contributed by atoms with Gasteiger partial charge in [0.2, 0.25) is 0 Å². The van der Waals surface area contributed by atoms with Gasteiger partial charge in [0.15, 0.2) is 0 Å². The number of rotatable bonds is 1. The van der Waals surface area contributed by atoms with Crippen LogP contribution in [0.2, 0.25) is 0 Å². The van der Waals surface area contributed by atoms with E-state index < -0.39 is 11.6 Å². The molecule has 0 bridgehead atoms. The summed E-state index contributed by atoms with van der Waals surface area (Å²) in [7, 11) is 1.32. The van der Waals surface area contributed by atoms with Crippen molar-refractivity contribution in [2.45, 2.75) is 39.3 Å². The van der Waals surface area contributed by atoms with Crippen LogP contribution in [0.5, 0.6) is 0 Å². The Hall–Kier alpha value is -2.11. The van der Waals surface area contributed by atoms with Crippen molar-refractivity contribution in [3.8, 4) is 0 Å². The summed E-state index contributed by atoms with van der Waals surface area (Å²) in [6.07, 6.45) is 0.335. The predicted molar refractivity (Wildman–Crippen MR) is 75.9 cm³/mol. The Morgan fingerprint density at radius 1 is 1.29 bits per heavy atom. The lowest BCUT2D eigenvalue weighted by molar-refractivity contribution is 0.0221. The Morgan fingerprint density at radius 2 is 2.00 bits per heavy atom. The fourth-order valence-electron chi connectivity index (χ4n) is 2.11. The normalized spacial score (nSPS) is 14.4. The summed E-state index contributed by atoms with van der Waals surface area (Å²) >= 11 is 0. The minimum atomic E-state index is -0.529. The summed E-state index contributed by atoms with van der Waals surface area (Å²) < 4.78 is 10.0. The van der Waals surface area contributed by atoms with Crippen molar-refractivity contribution in [2.24, 2.45) is 0 Å².